The Morgan fingerprint density at radius 2 is 0.750 bits per heavy atom. The molecule has 0 aromatic heterocycles. The van der Waals surface area contributed by atoms with Crippen LogP contribution in [0.3, 0.4) is 0 Å². The number of aliphatic hydroxyl groups is 2. The number of carbonyl (C=O) groups is 1. The van der Waals surface area contributed by atoms with Crippen LogP contribution >= 0.6 is 0 Å². The van der Waals surface area contributed by atoms with E-state index in [1.54, 1.807) is 0 Å². The third kappa shape index (κ3) is 44.8. The van der Waals surface area contributed by atoms with E-state index in [0.717, 1.165) is 57.8 Å². The van der Waals surface area contributed by atoms with Crippen LogP contribution in [0.1, 0.15) is 277 Å². The van der Waals surface area contributed by atoms with Gasteiger partial charge in [-0.15, -0.1) is 0 Å². The molecule has 0 aliphatic carbocycles. The minimum Gasteiger partial charge on any atom is -0.391 e. The zero-order valence-electron chi connectivity index (χ0n) is 39.7. The van der Waals surface area contributed by atoms with Gasteiger partial charge in [0.05, 0.1) is 17.9 Å². The summed E-state index contributed by atoms with van der Waals surface area (Å²) in [6.07, 6.45) is 56.4. The molecule has 356 valence electrons. The molecule has 0 heterocycles. The first-order valence-corrected chi connectivity index (χ1v) is 27.7. The van der Waals surface area contributed by atoms with Gasteiger partial charge in [0, 0.05) is 0 Å². The van der Waals surface area contributed by atoms with Crippen LogP contribution in [0.15, 0.2) is 24.3 Å². The van der Waals surface area contributed by atoms with E-state index < -0.39 is 40.0 Å². The average molecular weight is 868 g/mol. The Bertz CT molecular complexity index is 1060. The van der Waals surface area contributed by atoms with E-state index in [9.17, 15) is 28.0 Å². The normalized spacial score (nSPS) is 13.8. The largest absolute Gasteiger partial charge is 0.391 e. The Labute approximate surface area is 373 Å². The van der Waals surface area contributed by atoms with Gasteiger partial charge in [-0.25, -0.2) is 0 Å². The molecule has 60 heavy (non-hydrogen) atoms. The van der Waals surface area contributed by atoms with E-state index in [1.165, 1.54) is 180 Å². The number of carbonyl (C=O) groups excluding carboxylic acids is 1. The molecule has 0 spiro atoms. The Morgan fingerprint density at radius 3 is 1.08 bits per heavy atom. The Balaban J connectivity index is 3.86. The lowest BCUT2D eigenvalue weighted by Crippen LogP contribution is -2.50. The first-order valence-electron chi connectivity index (χ1n) is 26.1. The Hall–Kier alpha value is -1.22. The van der Waals surface area contributed by atoms with Crippen molar-refractivity contribution < 1.29 is 28.0 Å². The van der Waals surface area contributed by atoms with Crippen LogP contribution in [0.25, 0.3) is 0 Å². The Morgan fingerprint density at radius 1 is 0.450 bits per heavy atom. The predicted octanol–water partition coefficient (Wildman–Crippen LogP) is 15.2. The van der Waals surface area contributed by atoms with Crippen LogP contribution in [0, 0.1) is 0 Å². The molecule has 0 fully saturated rings. The van der Waals surface area contributed by atoms with Gasteiger partial charge in [-0.2, -0.15) is 8.42 Å². The number of hydrogen-bond acceptors (Lipinski definition) is 5. The maximum absolute atomic E-state index is 12.7. The second kappa shape index (κ2) is 45.8. The van der Waals surface area contributed by atoms with Crippen LogP contribution in [-0.4, -0.2) is 53.1 Å². The van der Waals surface area contributed by atoms with Crippen molar-refractivity contribution in [3.05, 3.63) is 24.3 Å². The molecule has 7 nitrogen and oxygen atoms in total. The summed E-state index contributed by atoms with van der Waals surface area (Å²) >= 11 is 0. The van der Waals surface area contributed by atoms with Crippen LogP contribution < -0.4 is 5.32 Å². The summed E-state index contributed by atoms with van der Waals surface area (Å²) in [7, 11) is -4.42. The lowest BCUT2D eigenvalue weighted by molar-refractivity contribution is -0.131. The minimum atomic E-state index is -4.42. The van der Waals surface area contributed by atoms with Crippen molar-refractivity contribution >= 4 is 16.0 Å². The van der Waals surface area contributed by atoms with Gasteiger partial charge in [0.1, 0.15) is 6.10 Å². The van der Waals surface area contributed by atoms with Crippen molar-refractivity contribution in [3.63, 3.8) is 0 Å². The van der Waals surface area contributed by atoms with E-state index >= 15 is 0 Å². The molecule has 0 aromatic carbocycles. The van der Waals surface area contributed by atoms with Crippen molar-refractivity contribution in [2.24, 2.45) is 0 Å². The van der Waals surface area contributed by atoms with Crippen LogP contribution in [-0.2, 0) is 14.9 Å². The zero-order valence-corrected chi connectivity index (χ0v) is 40.5. The second-order valence-corrected chi connectivity index (χ2v) is 19.8. The first-order chi connectivity index (χ1) is 29.2. The molecular formula is C52H101NO6S. The summed E-state index contributed by atoms with van der Waals surface area (Å²) in [6, 6.07) is -1.15. The quantitative estimate of drug-likeness (QED) is 0.0274. The summed E-state index contributed by atoms with van der Waals surface area (Å²) in [5, 5.41) is 23.7. The third-order valence-corrected chi connectivity index (χ3v) is 13.0. The first kappa shape index (κ1) is 58.8. The fourth-order valence-electron chi connectivity index (χ4n) is 8.26. The highest BCUT2D eigenvalue weighted by molar-refractivity contribution is 7.85. The van der Waals surface area contributed by atoms with Crippen molar-refractivity contribution in [1.82, 2.24) is 5.32 Å². The van der Waals surface area contributed by atoms with E-state index in [1.807, 2.05) is 0 Å². The smallest absolute Gasteiger partial charge is 0.266 e. The lowest BCUT2D eigenvalue weighted by Gasteiger charge is -2.24. The van der Waals surface area contributed by atoms with Gasteiger partial charge in [0.25, 0.3) is 10.1 Å². The maximum Gasteiger partial charge on any atom is 0.266 e. The van der Waals surface area contributed by atoms with Crippen molar-refractivity contribution in [2.75, 3.05) is 5.75 Å². The molecule has 4 N–H and O–H groups in total. The molecule has 3 unspecified atom stereocenters. The molecule has 0 rings (SSSR count). The van der Waals surface area contributed by atoms with Crippen molar-refractivity contribution in [3.8, 4) is 0 Å². The van der Waals surface area contributed by atoms with E-state index in [0.29, 0.717) is 19.3 Å². The fraction of sp³-hybridized carbons (Fsp3) is 0.904. The molecule has 0 saturated carbocycles. The van der Waals surface area contributed by atoms with Gasteiger partial charge < -0.3 is 15.5 Å². The summed E-state index contributed by atoms with van der Waals surface area (Å²) in [6.45, 7) is 4.55. The lowest BCUT2D eigenvalue weighted by atomic mass is 10.0. The highest BCUT2D eigenvalue weighted by Crippen LogP contribution is 2.17. The van der Waals surface area contributed by atoms with E-state index in [4.69, 9.17) is 0 Å². The molecule has 0 aliphatic rings. The standard InChI is InChI=1S/C52H101NO6S/c1-3-5-7-9-11-13-15-17-19-21-23-25-27-29-31-33-35-37-39-41-43-45-47-51(55)52(56)53-49(48-60(57,58)59)50(54)46-44-42-40-38-36-34-32-30-28-26-24-22-20-18-16-14-12-10-8-6-4-2/h23,25,29,31,49-51,54-55H,3-22,24,26-28,30,32-48H2,1-2H3,(H,53,56)(H,57,58,59)/b25-23-,31-29-. The van der Waals surface area contributed by atoms with Crippen LogP contribution in [0.4, 0.5) is 0 Å². The number of nitrogens with one attached hydrogen (secondary N) is 1. The molecule has 0 radical (unpaired) electrons. The highest BCUT2D eigenvalue weighted by atomic mass is 32.2. The number of unbranched alkanes of at least 4 members (excludes halogenated alkanes) is 35. The highest BCUT2D eigenvalue weighted by Gasteiger charge is 2.28. The summed E-state index contributed by atoms with van der Waals surface area (Å²) < 4.78 is 32.8. The van der Waals surface area contributed by atoms with Gasteiger partial charge in [-0.05, 0) is 44.9 Å². The van der Waals surface area contributed by atoms with Gasteiger partial charge in [-0.3, -0.25) is 9.35 Å². The molecule has 0 aliphatic heterocycles. The summed E-state index contributed by atoms with van der Waals surface area (Å²) in [5.41, 5.74) is 0. The molecule has 0 aromatic rings. The molecular weight excluding hydrogens is 767 g/mol. The molecule has 0 saturated heterocycles. The number of amides is 1. The average Bonchev–Trinajstić information content (AvgIpc) is 3.22. The SMILES string of the molecule is CCCCCCCCCCC/C=C\C/C=C\CCCCCCCCC(O)C(=O)NC(CS(=O)(=O)O)C(O)CCCCCCCCCCCCCCCCCCCCCCC. The van der Waals surface area contributed by atoms with Gasteiger partial charge in [0.2, 0.25) is 5.91 Å². The predicted molar refractivity (Wildman–Crippen MR) is 259 cm³/mol. The number of hydrogen-bond donors (Lipinski definition) is 4. The van der Waals surface area contributed by atoms with Gasteiger partial charge in [0.15, 0.2) is 0 Å². The molecule has 0 bridgehead atoms. The monoisotopic (exact) mass is 868 g/mol. The summed E-state index contributed by atoms with van der Waals surface area (Å²) in [5.74, 6) is -1.45. The second-order valence-electron chi connectivity index (χ2n) is 18.3. The molecule has 3 atom stereocenters. The third-order valence-electron chi connectivity index (χ3n) is 12.3. The topological polar surface area (TPSA) is 124 Å². The maximum atomic E-state index is 12.7. The summed E-state index contributed by atoms with van der Waals surface area (Å²) in [4.78, 5) is 12.7. The zero-order chi connectivity index (χ0) is 44.0. The van der Waals surface area contributed by atoms with Crippen LogP contribution in [0.2, 0.25) is 0 Å². The number of allylic oxidation sites excluding steroid dienone is 4. The van der Waals surface area contributed by atoms with E-state index in [-0.39, 0.29) is 6.42 Å². The van der Waals surface area contributed by atoms with Gasteiger partial charge in [-0.1, -0.05) is 256 Å². The minimum absolute atomic E-state index is 0.287. The van der Waals surface area contributed by atoms with Crippen molar-refractivity contribution in [2.45, 2.75) is 295 Å². The number of rotatable bonds is 48. The van der Waals surface area contributed by atoms with Crippen LogP contribution in [0.5, 0.6) is 0 Å². The molecule has 8 heteroatoms. The van der Waals surface area contributed by atoms with Crippen molar-refractivity contribution in [1.29, 1.82) is 0 Å². The van der Waals surface area contributed by atoms with E-state index in [2.05, 4.69) is 43.5 Å². The molecule has 1 amide bonds. The van der Waals surface area contributed by atoms with Gasteiger partial charge >= 0.3 is 0 Å². The Kier molecular flexibility index (Phi) is 44.9. The fourth-order valence-corrected chi connectivity index (χ4v) is 9.02. The number of aliphatic hydroxyl groups excluding tert-OH is 2.